The van der Waals surface area contributed by atoms with Gasteiger partial charge in [0.05, 0.1) is 12.7 Å². The monoisotopic (exact) mass is 265 g/mol. The quantitative estimate of drug-likeness (QED) is 0.913. The van der Waals surface area contributed by atoms with Crippen LogP contribution in [0.3, 0.4) is 0 Å². The van der Waals surface area contributed by atoms with Gasteiger partial charge >= 0.3 is 0 Å². The topological polar surface area (TPSA) is 55.3 Å². The Morgan fingerprint density at radius 1 is 1.42 bits per heavy atom. The van der Waals surface area contributed by atoms with E-state index in [0.717, 1.165) is 24.7 Å². The average molecular weight is 265 g/mol. The van der Waals surface area contributed by atoms with Crippen molar-refractivity contribution < 1.29 is 4.42 Å². The highest BCUT2D eigenvalue weighted by atomic mass is 16.4. The van der Waals surface area contributed by atoms with E-state index in [1.54, 1.807) is 0 Å². The molecule has 0 aliphatic carbocycles. The minimum Gasteiger partial charge on any atom is -0.444 e. The fraction of sp³-hybridized carbons (Fsp3) is 0.800. The van der Waals surface area contributed by atoms with Crippen molar-refractivity contribution in [2.75, 3.05) is 6.54 Å². The Balaban J connectivity index is 2.08. The van der Waals surface area contributed by atoms with Crippen molar-refractivity contribution in [1.82, 2.24) is 9.88 Å². The van der Waals surface area contributed by atoms with Crippen molar-refractivity contribution in [1.29, 1.82) is 0 Å². The molecule has 0 saturated carbocycles. The highest BCUT2D eigenvalue weighted by Crippen LogP contribution is 2.26. The summed E-state index contributed by atoms with van der Waals surface area (Å²) in [4.78, 5) is 6.88. The number of nitrogens with two attached hydrogens (primary N) is 1. The Kier molecular flexibility index (Phi) is 4.31. The van der Waals surface area contributed by atoms with Crippen molar-refractivity contribution in [3.05, 3.63) is 17.8 Å². The Labute approximate surface area is 116 Å². The van der Waals surface area contributed by atoms with Gasteiger partial charge in [-0.05, 0) is 19.8 Å². The van der Waals surface area contributed by atoms with Crippen LogP contribution < -0.4 is 5.73 Å². The first-order valence-corrected chi connectivity index (χ1v) is 7.33. The summed E-state index contributed by atoms with van der Waals surface area (Å²) >= 11 is 0. The van der Waals surface area contributed by atoms with Crippen LogP contribution in [0.25, 0.3) is 0 Å². The van der Waals surface area contributed by atoms with Gasteiger partial charge in [0, 0.05) is 24.0 Å². The molecular formula is C15H27N3O. The molecule has 2 heterocycles. The van der Waals surface area contributed by atoms with Crippen LogP contribution in [0.15, 0.2) is 10.6 Å². The molecule has 2 unspecified atom stereocenters. The second-order valence-corrected chi connectivity index (χ2v) is 6.71. The Bertz CT molecular complexity index is 408. The van der Waals surface area contributed by atoms with Gasteiger partial charge in [-0.15, -0.1) is 0 Å². The van der Waals surface area contributed by atoms with E-state index in [1.807, 2.05) is 6.20 Å². The number of oxazole rings is 1. The Morgan fingerprint density at radius 3 is 2.74 bits per heavy atom. The highest BCUT2D eigenvalue weighted by Gasteiger charge is 2.28. The number of nitrogens with zero attached hydrogens (tertiary/aromatic N) is 2. The standard InChI is InChI=1S/C15H27N3O/c1-11-6-5-7-12(8-16)18(11)10-14-17-9-13(19-14)15(2,3)4/h9,11-12H,5-8,10,16H2,1-4H3. The first-order chi connectivity index (χ1) is 8.91. The van der Waals surface area contributed by atoms with E-state index in [0.29, 0.717) is 12.1 Å². The number of piperidine rings is 1. The van der Waals surface area contributed by atoms with Gasteiger partial charge in [-0.3, -0.25) is 4.90 Å². The molecule has 0 radical (unpaired) electrons. The normalized spacial score (nSPS) is 25.7. The van der Waals surface area contributed by atoms with E-state index in [4.69, 9.17) is 10.2 Å². The molecule has 1 aliphatic heterocycles. The fourth-order valence-electron chi connectivity index (χ4n) is 2.76. The Morgan fingerprint density at radius 2 is 2.16 bits per heavy atom. The van der Waals surface area contributed by atoms with Crippen molar-refractivity contribution in [2.24, 2.45) is 5.73 Å². The molecule has 2 atom stereocenters. The lowest BCUT2D eigenvalue weighted by molar-refractivity contribution is 0.0786. The third-order valence-electron chi connectivity index (χ3n) is 4.08. The lowest BCUT2D eigenvalue weighted by atomic mass is 9.94. The van der Waals surface area contributed by atoms with Crippen molar-refractivity contribution in [3.8, 4) is 0 Å². The summed E-state index contributed by atoms with van der Waals surface area (Å²) in [5, 5.41) is 0. The molecule has 2 N–H and O–H groups in total. The van der Waals surface area contributed by atoms with Gasteiger partial charge in [-0.2, -0.15) is 0 Å². The molecule has 1 aromatic heterocycles. The molecule has 4 nitrogen and oxygen atoms in total. The van der Waals surface area contributed by atoms with Crippen LogP contribution in [0.5, 0.6) is 0 Å². The summed E-state index contributed by atoms with van der Waals surface area (Å²) in [6, 6.07) is 1.03. The molecular weight excluding hydrogens is 238 g/mol. The predicted molar refractivity (Wildman–Crippen MR) is 76.9 cm³/mol. The van der Waals surface area contributed by atoms with Gasteiger partial charge in [0.2, 0.25) is 5.89 Å². The molecule has 2 rings (SSSR count). The van der Waals surface area contributed by atoms with Crippen molar-refractivity contribution in [2.45, 2.75) is 71.0 Å². The molecule has 0 spiro atoms. The fourth-order valence-corrected chi connectivity index (χ4v) is 2.76. The van der Waals surface area contributed by atoms with Gasteiger partial charge in [-0.1, -0.05) is 27.2 Å². The van der Waals surface area contributed by atoms with Crippen LogP contribution in [0.4, 0.5) is 0 Å². The first-order valence-electron chi connectivity index (χ1n) is 7.33. The maximum atomic E-state index is 5.90. The molecule has 1 fully saturated rings. The van der Waals surface area contributed by atoms with Gasteiger partial charge in [0.1, 0.15) is 5.76 Å². The van der Waals surface area contributed by atoms with Gasteiger partial charge in [0.25, 0.3) is 0 Å². The minimum absolute atomic E-state index is 0.0199. The summed E-state index contributed by atoms with van der Waals surface area (Å²) in [6.07, 6.45) is 5.57. The molecule has 0 aromatic carbocycles. The van der Waals surface area contributed by atoms with Crippen molar-refractivity contribution >= 4 is 0 Å². The van der Waals surface area contributed by atoms with Gasteiger partial charge in [-0.25, -0.2) is 4.98 Å². The second-order valence-electron chi connectivity index (χ2n) is 6.71. The summed E-state index contributed by atoms with van der Waals surface area (Å²) in [7, 11) is 0. The number of hydrogen-bond acceptors (Lipinski definition) is 4. The van der Waals surface area contributed by atoms with Crippen LogP contribution in [0, 0.1) is 0 Å². The molecule has 19 heavy (non-hydrogen) atoms. The van der Waals surface area contributed by atoms with E-state index in [2.05, 4.69) is 37.6 Å². The largest absolute Gasteiger partial charge is 0.444 e. The smallest absolute Gasteiger partial charge is 0.208 e. The van der Waals surface area contributed by atoms with E-state index < -0.39 is 0 Å². The number of hydrogen-bond donors (Lipinski definition) is 1. The molecule has 0 amide bonds. The summed E-state index contributed by atoms with van der Waals surface area (Å²) in [5.41, 5.74) is 5.91. The van der Waals surface area contributed by atoms with Crippen LogP contribution in [-0.4, -0.2) is 28.5 Å². The van der Waals surface area contributed by atoms with Crippen molar-refractivity contribution in [3.63, 3.8) is 0 Å². The maximum Gasteiger partial charge on any atom is 0.208 e. The first kappa shape index (κ1) is 14.5. The summed E-state index contributed by atoms with van der Waals surface area (Å²) in [6.45, 7) is 10.2. The Hall–Kier alpha value is -0.870. The SMILES string of the molecule is CC1CCCC(CN)N1Cc1ncc(C(C)(C)C)o1. The van der Waals surface area contributed by atoms with Crippen LogP contribution in [-0.2, 0) is 12.0 Å². The van der Waals surface area contributed by atoms with Crippen LogP contribution in [0.1, 0.15) is 58.6 Å². The number of rotatable bonds is 3. The highest BCUT2D eigenvalue weighted by molar-refractivity contribution is 5.06. The van der Waals surface area contributed by atoms with E-state index in [-0.39, 0.29) is 5.41 Å². The van der Waals surface area contributed by atoms with E-state index in [9.17, 15) is 0 Å². The third kappa shape index (κ3) is 3.37. The number of aromatic nitrogens is 1. The molecule has 4 heteroatoms. The van der Waals surface area contributed by atoms with Gasteiger partial charge < -0.3 is 10.2 Å². The lowest BCUT2D eigenvalue weighted by Crippen LogP contribution is -2.48. The van der Waals surface area contributed by atoms with Gasteiger partial charge in [0.15, 0.2) is 0 Å². The molecule has 108 valence electrons. The molecule has 1 aliphatic rings. The predicted octanol–water partition coefficient (Wildman–Crippen LogP) is 2.67. The average Bonchev–Trinajstić information content (AvgIpc) is 2.80. The van der Waals surface area contributed by atoms with E-state index in [1.165, 1.54) is 19.3 Å². The maximum absolute atomic E-state index is 5.90. The van der Waals surface area contributed by atoms with Crippen LogP contribution >= 0.6 is 0 Å². The number of likely N-dealkylation sites (tertiary alicyclic amines) is 1. The molecule has 1 saturated heterocycles. The van der Waals surface area contributed by atoms with E-state index >= 15 is 0 Å². The lowest BCUT2D eigenvalue weighted by Gasteiger charge is -2.39. The minimum atomic E-state index is 0.0199. The molecule has 1 aromatic rings. The van der Waals surface area contributed by atoms with Crippen LogP contribution in [0.2, 0.25) is 0 Å². The third-order valence-corrected chi connectivity index (χ3v) is 4.08. The second kappa shape index (κ2) is 5.63. The zero-order chi connectivity index (χ0) is 14.0. The molecule has 0 bridgehead atoms. The zero-order valence-electron chi connectivity index (χ0n) is 12.6. The summed E-state index contributed by atoms with van der Waals surface area (Å²) < 4.78 is 5.90. The summed E-state index contributed by atoms with van der Waals surface area (Å²) in [5.74, 6) is 1.77. The zero-order valence-corrected chi connectivity index (χ0v) is 12.6.